The molecule has 2 fully saturated rings. The van der Waals surface area contributed by atoms with Crippen LogP contribution in [0, 0.1) is 22.8 Å². The number of hydrogen-bond acceptors (Lipinski definition) is 2. The van der Waals surface area contributed by atoms with Gasteiger partial charge in [-0.2, -0.15) is 5.26 Å². The highest BCUT2D eigenvalue weighted by Gasteiger charge is 2.45. The van der Waals surface area contributed by atoms with Crippen LogP contribution in [-0.4, -0.2) is 18.0 Å². The minimum atomic E-state index is 0.482. The van der Waals surface area contributed by atoms with Crippen LogP contribution in [0.3, 0.4) is 0 Å². The van der Waals surface area contributed by atoms with Gasteiger partial charge in [0.2, 0.25) is 0 Å². The van der Waals surface area contributed by atoms with Gasteiger partial charge in [0.25, 0.3) is 0 Å². The summed E-state index contributed by atoms with van der Waals surface area (Å²) < 4.78 is 0. The van der Waals surface area contributed by atoms with Crippen molar-refractivity contribution in [3.63, 3.8) is 0 Å². The Morgan fingerprint density at radius 3 is 3.09 bits per heavy atom. The lowest BCUT2D eigenvalue weighted by Gasteiger charge is -2.21. The highest BCUT2D eigenvalue weighted by molar-refractivity contribution is 5.00. The highest BCUT2D eigenvalue weighted by Crippen LogP contribution is 2.47. The number of hydrogen-bond donors (Lipinski definition) is 0. The maximum atomic E-state index is 8.71. The Kier molecular flexibility index (Phi) is 1.35. The zero-order valence-corrected chi connectivity index (χ0v) is 7.01. The average Bonchev–Trinajstić information content (AvgIpc) is 2.42. The van der Waals surface area contributed by atoms with E-state index < -0.39 is 0 Å². The van der Waals surface area contributed by atoms with Crippen LogP contribution in [0.5, 0.6) is 0 Å². The zero-order chi connectivity index (χ0) is 7.90. The molecule has 2 aliphatic rings. The molecule has 1 saturated carbocycles. The molecule has 0 aromatic heterocycles. The van der Waals surface area contributed by atoms with Crippen LogP contribution in [-0.2, 0) is 0 Å². The fraction of sp³-hybridized carbons (Fsp3) is 0.889. The van der Waals surface area contributed by atoms with E-state index in [0.29, 0.717) is 5.41 Å². The normalized spacial score (nSPS) is 42.2. The van der Waals surface area contributed by atoms with Gasteiger partial charge in [-0.05, 0) is 24.2 Å². The first-order valence-electron chi connectivity index (χ1n) is 4.39. The van der Waals surface area contributed by atoms with Crippen molar-refractivity contribution in [1.82, 2.24) is 4.90 Å². The second kappa shape index (κ2) is 2.14. The van der Waals surface area contributed by atoms with Gasteiger partial charge < -0.3 is 4.90 Å². The van der Waals surface area contributed by atoms with Gasteiger partial charge in [-0.1, -0.05) is 13.3 Å². The van der Waals surface area contributed by atoms with Crippen molar-refractivity contribution in [3.8, 4) is 6.19 Å². The second-order valence-corrected chi connectivity index (χ2v) is 4.22. The van der Waals surface area contributed by atoms with Crippen LogP contribution >= 0.6 is 0 Å². The van der Waals surface area contributed by atoms with E-state index in [2.05, 4.69) is 13.1 Å². The van der Waals surface area contributed by atoms with Gasteiger partial charge in [0.15, 0.2) is 6.19 Å². The predicted molar refractivity (Wildman–Crippen MR) is 42.6 cm³/mol. The monoisotopic (exact) mass is 150 g/mol. The van der Waals surface area contributed by atoms with E-state index in [1.165, 1.54) is 19.3 Å². The number of likely N-dealkylation sites (tertiary alicyclic amines) is 1. The fourth-order valence-electron chi connectivity index (χ4n) is 2.67. The van der Waals surface area contributed by atoms with E-state index in [9.17, 15) is 0 Å². The Hall–Kier alpha value is -0.710. The van der Waals surface area contributed by atoms with Crippen molar-refractivity contribution in [2.24, 2.45) is 11.3 Å². The second-order valence-electron chi connectivity index (χ2n) is 4.22. The summed E-state index contributed by atoms with van der Waals surface area (Å²) in [7, 11) is 0. The van der Waals surface area contributed by atoms with Crippen LogP contribution < -0.4 is 0 Å². The minimum absolute atomic E-state index is 0.482. The van der Waals surface area contributed by atoms with Crippen molar-refractivity contribution in [2.45, 2.75) is 26.2 Å². The lowest BCUT2D eigenvalue weighted by molar-refractivity contribution is 0.296. The van der Waals surface area contributed by atoms with Gasteiger partial charge in [-0.25, -0.2) is 0 Å². The standard InChI is InChI=1S/C9H14N2/c1-9-4-2-3-8(9)5-11(6-9)7-10/h8H,2-6H2,1H3. The summed E-state index contributed by atoms with van der Waals surface area (Å²) in [5, 5.41) is 8.71. The maximum absolute atomic E-state index is 8.71. The lowest BCUT2D eigenvalue weighted by Crippen LogP contribution is -2.21. The van der Waals surface area contributed by atoms with Crippen molar-refractivity contribution < 1.29 is 0 Å². The molecule has 2 atom stereocenters. The molecule has 2 nitrogen and oxygen atoms in total. The number of nitriles is 1. The Balaban J connectivity index is 2.14. The third-order valence-corrected chi connectivity index (χ3v) is 3.42. The summed E-state index contributed by atoms with van der Waals surface area (Å²) in [5.41, 5.74) is 0.482. The van der Waals surface area contributed by atoms with Crippen LogP contribution in [0.4, 0.5) is 0 Å². The van der Waals surface area contributed by atoms with Crippen LogP contribution in [0.2, 0.25) is 0 Å². The molecule has 1 saturated heterocycles. The van der Waals surface area contributed by atoms with Crippen LogP contribution in [0.15, 0.2) is 0 Å². The molecule has 0 aromatic rings. The predicted octanol–water partition coefficient (Wildman–Crippen LogP) is 1.59. The largest absolute Gasteiger partial charge is 0.310 e. The summed E-state index contributed by atoms with van der Waals surface area (Å²) in [6.45, 7) is 4.36. The number of fused-ring (bicyclic) bond motifs is 1. The molecular formula is C9H14N2. The molecule has 0 radical (unpaired) electrons. The zero-order valence-electron chi connectivity index (χ0n) is 7.01. The van der Waals surface area contributed by atoms with E-state index in [-0.39, 0.29) is 0 Å². The molecule has 0 spiro atoms. The average molecular weight is 150 g/mol. The van der Waals surface area contributed by atoms with Gasteiger partial charge in [0.1, 0.15) is 0 Å². The van der Waals surface area contributed by atoms with E-state index in [1.807, 2.05) is 4.90 Å². The van der Waals surface area contributed by atoms with Gasteiger partial charge in [0, 0.05) is 13.1 Å². The Morgan fingerprint density at radius 2 is 2.45 bits per heavy atom. The molecule has 0 aromatic carbocycles. The summed E-state index contributed by atoms with van der Waals surface area (Å²) >= 11 is 0. The molecule has 0 bridgehead atoms. The van der Waals surface area contributed by atoms with Gasteiger partial charge >= 0.3 is 0 Å². The van der Waals surface area contributed by atoms with Crippen molar-refractivity contribution in [3.05, 3.63) is 0 Å². The SMILES string of the molecule is CC12CCCC1CN(C#N)C2. The third-order valence-electron chi connectivity index (χ3n) is 3.42. The molecule has 2 heteroatoms. The van der Waals surface area contributed by atoms with E-state index >= 15 is 0 Å². The Morgan fingerprint density at radius 1 is 1.64 bits per heavy atom. The molecule has 11 heavy (non-hydrogen) atoms. The summed E-state index contributed by atoms with van der Waals surface area (Å²) in [6, 6.07) is 0. The molecule has 1 heterocycles. The smallest absolute Gasteiger partial charge is 0.179 e. The first-order valence-corrected chi connectivity index (χ1v) is 4.39. The molecular weight excluding hydrogens is 136 g/mol. The van der Waals surface area contributed by atoms with Crippen molar-refractivity contribution in [1.29, 1.82) is 5.26 Å². The summed E-state index contributed by atoms with van der Waals surface area (Å²) in [6.07, 6.45) is 6.30. The van der Waals surface area contributed by atoms with Gasteiger partial charge in [0.05, 0.1) is 0 Å². The molecule has 2 rings (SSSR count). The van der Waals surface area contributed by atoms with E-state index in [1.54, 1.807) is 0 Å². The van der Waals surface area contributed by atoms with Gasteiger partial charge in [-0.3, -0.25) is 0 Å². The molecule has 1 aliphatic carbocycles. The summed E-state index contributed by atoms with van der Waals surface area (Å²) in [4.78, 5) is 1.92. The summed E-state index contributed by atoms with van der Waals surface area (Å²) in [5.74, 6) is 0.808. The fourth-order valence-corrected chi connectivity index (χ4v) is 2.67. The number of rotatable bonds is 0. The quantitative estimate of drug-likeness (QED) is 0.490. The first kappa shape index (κ1) is 6.97. The minimum Gasteiger partial charge on any atom is -0.310 e. The topological polar surface area (TPSA) is 27.0 Å². The number of nitrogens with zero attached hydrogens (tertiary/aromatic N) is 2. The van der Waals surface area contributed by atoms with E-state index in [4.69, 9.17) is 5.26 Å². The van der Waals surface area contributed by atoms with Crippen molar-refractivity contribution >= 4 is 0 Å². The van der Waals surface area contributed by atoms with Crippen molar-refractivity contribution in [2.75, 3.05) is 13.1 Å². The third kappa shape index (κ3) is 0.910. The van der Waals surface area contributed by atoms with Crippen LogP contribution in [0.1, 0.15) is 26.2 Å². The molecule has 2 unspecified atom stereocenters. The lowest BCUT2D eigenvalue weighted by atomic mass is 9.83. The van der Waals surface area contributed by atoms with E-state index in [0.717, 1.165) is 19.0 Å². The molecule has 0 N–H and O–H groups in total. The Labute approximate surface area is 67.8 Å². The molecule has 0 amide bonds. The first-order chi connectivity index (χ1) is 5.24. The van der Waals surface area contributed by atoms with Gasteiger partial charge in [-0.15, -0.1) is 0 Å². The molecule has 1 aliphatic heterocycles. The van der Waals surface area contributed by atoms with Crippen LogP contribution in [0.25, 0.3) is 0 Å². The maximum Gasteiger partial charge on any atom is 0.179 e. The Bertz CT molecular complexity index is 206. The highest BCUT2D eigenvalue weighted by atomic mass is 15.2. The molecule has 60 valence electrons.